The normalized spacial score (nSPS) is 6.00. The Morgan fingerprint density at radius 2 is 0.556 bits per heavy atom. The molecule has 0 aromatic carbocycles. The van der Waals surface area contributed by atoms with E-state index in [2.05, 4.69) is 0 Å². The molecule has 0 saturated carbocycles. The summed E-state index contributed by atoms with van der Waals surface area (Å²) in [6.07, 6.45) is 0. The van der Waals surface area contributed by atoms with E-state index < -0.39 is 29.3 Å². The van der Waals surface area contributed by atoms with Gasteiger partial charge in [0.25, 0.3) is 0 Å². The van der Waals surface area contributed by atoms with Gasteiger partial charge in [-0.25, -0.2) is 0 Å². The molecule has 12 nitrogen and oxygen atoms in total. The quantitative estimate of drug-likeness (QED) is 0.150. The molecule has 0 aliphatic heterocycles. The predicted octanol–water partition coefficient (Wildman–Crippen LogP) is -11.1. The van der Waals surface area contributed by atoms with Crippen LogP contribution in [0.3, 0.4) is 0 Å². The molecule has 0 rings (SSSR count). The minimum Gasteiger partial charge on any atom is -0.907 e. The summed E-state index contributed by atoms with van der Waals surface area (Å²) in [4.78, 5) is 0. The molecular weight excluding hydrogens is 475 g/mol. The molecule has 8 N–H and O–H groups in total. The van der Waals surface area contributed by atoms with Crippen molar-refractivity contribution in [2.75, 3.05) is 0 Å². The van der Waals surface area contributed by atoms with E-state index in [1.165, 1.54) is 0 Å². The smallest absolute Gasteiger partial charge is 0.907 e. The predicted molar refractivity (Wildman–Crippen MR) is 46.5 cm³/mol. The summed E-state index contributed by atoms with van der Waals surface area (Å²) in [5.74, 6) is 0. The van der Waals surface area contributed by atoms with E-state index in [4.69, 9.17) is 60.3 Å². The van der Waals surface area contributed by atoms with Crippen LogP contribution >= 0.6 is 0 Å². The van der Waals surface area contributed by atoms with Gasteiger partial charge < -0.3 is 60.3 Å². The van der Waals surface area contributed by atoms with Gasteiger partial charge in [-0.15, -0.1) is 0 Å². The van der Waals surface area contributed by atoms with Crippen molar-refractivity contribution >= 4 is 74.8 Å². The summed E-state index contributed by atoms with van der Waals surface area (Å²) in [6, 6.07) is 0. The zero-order valence-corrected chi connectivity index (χ0v) is 14.5. The van der Waals surface area contributed by atoms with Gasteiger partial charge in [0.05, 0.1) is 0 Å². The summed E-state index contributed by atoms with van der Waals surface area (Å²) in [6.45, 7) is 0. The molecule has 0 unspecified atom stereocenters. The van der Waals surface area contributed by atoms with Crippen molar-refractivity contribution in [2.45, 2.75) is 0 Å². The standard InChI is InChI=1S/2BH3O3.BH2O3.BO3.Eu.Sr/c4*2-1(3)4;;/h2*2-4H;2-3H;;;/q;;-1;-3;2*+2. The van der Waals surface area contributed by atoms with Crippen LogP contribution in [0.1, 0.15) is 0 Å². The van der Waals surface area contributed by atoms with E-state index >= 15 is 0 Å². The Hall–Kier alpha value is 2.84. The van der Waals surface area contributed by atoms with Crippen molar-refractivity contribution in [3.8, 4) is 0 Å². The van der Waals surface area contributed by atoms with Crippen molar-refractivity contribution < 1.29 is 110 Å². The summed E-state index contributed by atoms with van der Waals surface area (Å²) in [5.41, 5.74) is 0. The molecule has 18 heavy (non-hydrogen) atoms. The molecule has 0 aliphatic carbocycles. The van der Waals surface area contributed by atoms with Gasteiger partial charge in [-0.2, -0.15) is 0 Å². The average Bonchev–Trinajstić information content (AvgIpc) is 1.76. The third-order valence-corrected chi connectivity index (χ3v) is 0. The van der Waals surface area contributed by atoms with Crippen LogP contribution in [0.5, 0.6) is 0 Å². The third kappa shape index (κ3) is 742. The largest absolute Gasteiger partial charge is 2.00 e. The van der Waals surface area contributed by atoms with Crippen molar-refractivity contribution in [3.05, 3.63) is 0 Å². The number of rotatable bonds is 0. The van der Waals surface area contributed by atoms with E-state index in [9.17, 15) is 0 Å². The van der Waals surface area contributed by atoms with Gasteiger partial charge in [0.1, 0.15) is 0 Å². The molecule has 0 fully saturated rings. The van der Waals surface area contributed by atoms with Crippen LogP contribution in [-0.2, 0) is 0 Å². The maximum Gasteiger partial charge on any atom is 2.00 e. The van der Waals surface area contributed by atoms with Gasteiger partial charge in [-0.05, 0) is 0 Å². The average molecular weight is 483 g/mol. The number of hydrogen-bond acceptors (Lipinski definition) is 12. The monoisotopic (exact) mass is 485 g/mol. The fourth-order valence-electron chi connectivity index (χ4n) is 0. The van der Waals surface area contributed by atoms with Gasteiger partial charge in [0, 0.05) is 0 Å². The molecule has 0 bridgehead atoms. The van der Waals surface area contributed by atoms with Gasteiger partial charge in [0.2, 0.25) is 0 Å². The van der Waals surface area contributed by atoms with E-state index in [-0.39, 0.29) is 94.9 Å². The van der Waals surface area contributed by atoms with E-state index in [1.807, 2.05) is 0 Å². The Labute approximate surface area is 181 Å². The Bertz CT molecular complexity index is 67.1. The minimum absolute atomic E-state index is 0. The van der Waals surface area contributed by atoms with Crippen molar-refractivity contribution in [2.24, 2.45) is 0 Å². The summed E-state index contributed by atoms with van der Waals surface area (Å²) in [7, 11) is -9.67. The fourth-order valence-corrected chi connectivity index (χ4v) is 0. The second kappa shape index (κ2) is 32.0. The summed E-state index contributed by atoms with van der Waals surface area (Å²) < 4.78 is 0. The first kappa shape index (κ1) is 37.3. The fraction of sp³-hybridized carbons (Fsp3) is 0. The van der Waals surface area contributed by atoms with Gasteiger partial charge in [0.15, 0.2) is 0 Å². The second-order valence-electron chi connectivity index (χ2n) is 1.31. The zero-order valence-electron chi connectivity index (χ0n) is 8.61. The molecule has 0 heterocycles. The van der Waals surface area contributed by atoms with Gasteiger partial charge in [-0.1, -0.05) is 0 Å². The SMILES string of the molecule is OB(O)O.OB(O)O.[Eu+2].[O-]B(O)O.[O-]B([O-])[O-].[Sr+2]. The molecule has 0 amide bonds. The van der Waals surface area contributed by atoms with Crippen LogP contribution < -0.4 is 20.1 Å². The van der Waals surface area contributed by atoms with Gasteiger partial charge >= 0.3 is 117 Å². The second-order valence-corrected chi connectivity index (χ2v) is 1.31. The van der Waals surface area contributed by atoms with E-state index in [1.54, 1.807) is 0 Å². The molecule has 18 heteroatoms. The Balaban J connectivity index is -0.0000000257. The minimum atomic E-state index is -2.92. The molecule has 0 atom stereocenters. The maximum atomic E-state index is 8.64. The molecule has 101 valence electrons. The molecule has 0 spiro atoms. The molecule has 0 aromatic rings. The Morgan fingerprint density at radius 3 is 0.556 bits per heavy atom. The first-order valence-corrected chi connectivity index (χ1v) is 3.01. The molecular formula is H8B4EuO12Sr. The van der Waals surface area contributed by atoms with Crippen molar-refractivity contribution in [3.63, 3.8) is 0 Å². The van der Waals surface area contributed by atoms with Crippen molar-refractivity contribution in [1.82, 2.24) is 0 Å². The van der Waals surface area contributed by atoms with Crippen LogP contribution in [0.25, 0.3) is 0 Å². The van der Waals surface area contributed by atoms with Crippen molar-refractivity contribution in [1.29, 1.82) is 0 Å². The Morgan fingerprint density at radius 1 is 0.556 bits per heavy atom. The van der Waals surface area contributed by atoms with Gasteiger partial charge in [-0.3, -0.25) is 7.32 Å². The van der Waals surface area contributed by atoms with Crippen LogP contribution in [-0.4, -0.2) is 115 Å². The first-order valence-electron chi connectivity index (χ1n) is 3.01. The van der Waals surface area contributed by atoms with E-state index in [0.29, 0.717) is 0 Å². The van der Waals surface area contributed by atoms with Crippen LogP contribution in [0.2, 0.25) is 0 Å². The number of hydrogen-bond donors (Lipinski definition) is 8. The first-order chi connectivity index (χ1) is 6.93. The summed E-state index contributed by atoms with van der Waals surface area (Å²) >= 11 is 0. The van der Waals surface area contributed by atoms with Crippen LogP contribution in [0, 0.1) is 49.4 Å². The molecule has 0 aromatic heterocycles. The van der Waals surface area contributed by atoms with Crippen LogP contribution in [0.15, 0.2) is 0 Å². The molecule has 1 radical (unpaired) electrons. The maximum absolute atomic E-state index is 8.64. The van der Waals surface area contributed by atoms with E-state index in [0.717, 1.165) is 0 Å². The molecule has 0 aliphatic rings. The topological polar surface area (TPSA) is 254 Å². The van der Waals surface area contributed by atoms with Crippen LogP contribution in [0.4, 0.5) is 0 Å². The summed E-state index contributed by atoms with van der Waals surface area (Å²) in [5, 5.41) is 91.0. The molecule has 0 saturated heterocycles. The third-order valence-electron chi connectivity index (χ3n) is 0. The zero-order chi connectivity index (χ0) is 14.3. The Kier molecular flexibility index (Phi) is 66.2.